The third-order valence-corrected chi connectivity index (χ3v) is 5.31. The predicted octanol–water partition coefficient (Wildman–Crippen LogP) is 3.39. The zero-order chi connectivity index (χ0) is 24.1. The molecule has 0 spiro atoms. The number of hydrogen-bond acceptors (Lipinski definition) is 5. The maximum Gasteiger partial charge on any atom is 0.332 e. The number of imidazole rings is 1. The minimum Gasteiger partial charge on any atom is -0.484 e. The minimum atomic E-state index is -0.364. The number of nitrogens with one attached hydrogen (secondary N) is 2. The van der Waals surface area contributed by atoms with Crippen molar-refractivity contribution in [2.45, 2.75) is 39.8 Å². The molecule has 4 rings (SSSR count). The van der Waals surface area contributed by atoms with Crippen LogP contribution in [0.2, 0.25) is 0 Å². The minimum absolute atomic E-state index is 0.126. The van der Waals surface area contributed by atoms with Crippen molar-refractivity contribution in [1.82, 2.24) is 19.1 Å². The molecule has 0 radical (unpaired) electrons. The van der Waals surface area contributed by atoms with Gasteiger partial charge in [0.2, 0.25) is 0 Å². The number of aromatic amines is 1. The van der Waals surface area contributed by atoms with E-state index in [-0.39, 0.29) is 23.8 Å². The first-order valence-corrected chi connectivity index (χ1v) is 11.3. The van der Waals surface area contributed by atoms with Gasteiger partial charge in [-0.3, -0.25) is 18.7 Å². The predicted molar refractivity (Wildman–Crippen MR) is 131 cm³/mol. The summed E-state index contributed by atoms with van der Waals surface area (Å²) in [5, 5.41) is 2.76. The van der Waals surface area contributed by atoms with Crippen molar-refractivity contribution in [2.75, 3.05) is 11.9 Å². The van der Waals surface area contributed by atoms with E-state index >= 15 is 0 Å². The molecule has 0 unspecified atom stereocenters. The van der Waals surface area contributed by atoms with Crippen LogP contribution in [0.3, 0.4) is 0 Å². The Morgan fingerprint density at radius 1 is 0.971 bits per heavy atom. The van der Waals surface area contributed by atoms with E-state index in [2.05, 4.69) is 15.3 Å². The van der Waals surface area contributed by atoms with Gasteiger partial charge in [-0.1, -0.05) is 32.0 Å². The largest absolute Gasteiger partial charge is 0.484 e. The Kier molecular flexibility index (Phi) is 6.91. The quantitative estimate of drug-likeness (QED) is 0.397. The molecule has 9 heteroatoms. The van der Waals surface area contributed by atoms with Crippen LogP contribution in [0.15, 0.2) is 64.2 Å². The summed E-state index contributed by atoms with van der Waals surface area (Å²) in [4.78, 5) is 45.5. The molecule has 9 nitrogen and oxygen atoms in total. The molecule has 2 heterocycles. The van der Waals surface area contributed by atoms with Crippen LogP contribution in [0.25, 0.3) is 22.6 Å². The number of para-hydroxylation sites is 1. The first kappa shape index (κ1) is 23.0. The smallest absolute Gasteiger partial charge is 0.332 e. The van der Waals surface area contributed by atoms with E-state index < -0.39 is 0 Å². The topological polar surface area (TPSA) is 111 Å². The molecule has 2 aromatic carbocycles. The van der Waals surface area contributed by atoms with E-state index in [1.54, 1.807) is 41.0 Å². The van der Waals surface area contributed by atoms with Crippen LogP contribution < -0.4 is 21.3 Å². The average Bonchev–Trinajstić information content (AvgIpc) is 3.30. The average molecular weight is 462 g/mol. The highest BCUT2D eigenvalue weighted by atomic mass is 16.5. The Bertz CT molecular complexity index is 1400. The van der Waals surface area contributed by atoms with Gasteiger partial charge in [-0.25, -0.2) is 9.78 Å². The normalized spacial score (nSPS) is 11.0. The molecule has 0 bridgehead atoms. The summed E-state index contributed by atoms with van der Waals surface area (Å²) in [5.74, 6) is 0.750. The number of ether oxygens (including phenoxy) is 1. The van der Waals surface area contributed by atoms with E-state index in [4.69, 9.17) is 4.74 Å². The number of amides is 1. The molecule has 0 saturated carbocycles. The van der Waals surface area contributed by atoms with E-state index in [1.807, 2.05) is 32.0 Å². The van der Waals surface area contributed by atoms with E-state index in [0.29, 0.717) is 47.9 Å². The molecular weight excluding hydrogens is 434 g/mol. The lowest BCUT2D eigenvalue weighted by atomic mass is 10.2. The van der Waals surface area contributed by atoms with Crippen LogP contribution in [0.5, 0.6) is 5.75 Å². The molecule has 2 N–H and O–H groups in total. The number of benzene rings is 2. The van der Waals surface area contributed by atoms with Gasteiger partial charge in [-0.2, -0.15) is 0 Å². The maximum atomic E-state index is 12.9. The van der Waals surface area contributed by atoms with Crippen molar-refractivity contribution >= 4 is 22.8 Å². The summed E-state index contributed by atoms with van der Waals surface area (Å²) in [6, 6.07) is 16.2. The Labute approximate surface area is 196 Å². The van der Waals surface area contributed by atoms with Crippen molar-refractivity contribution in [3.63, 3.8) is 0 Å². The standard InChI is InChI=1S/C25H27N5O4/c1-3-14-29-23-21(24(32)30(15-4-2)25(29)33)27-22(28-23)17-10-12-19(13-11-17)34-16-20(31)26-18-8-6-5-7-9-18/h5-13H,3-4,14-16H2,1-2H3,(H,26,31)(H,27,28). The number of aryl methyl sites for hydroxylation is 1. The number of aromatic nitrogens is 4. The second-order valence-electron chi connectivity index (χ2n) is 7.90. The number of fused-ring (bicyclic) bond motifs is 1. The van der Waals surface area contributed by atoms with Gasteiger partial charge in [-0.15, -0.1) is 0 Å². The second-order valence-corrected chi connectivity index (χ2v) is 7.90. The summed E-state index contributed by atoms with van der Waals surface area (Å²) in [5.41, 5.74) is 1.41. The molecule has 0 atom stereocenters. The first-order chi connectivity index (χ1) is 16.5. The highest BCUT2D eigenvalue weighted by molar-refractivity contribution is 5.91. The lowest BCUT2D eigenvalue weighted by molar-refractivity contribution is -0.118. The summed E-state index contributed by atoms with van der Waals surface area (Å²) < 4.78 is 8.39. The first-order valence-electron chi connectivity index (χ1n) is 11.3. The number of carbonyl (C=O) groups is 1. The number of rotatable bonds is 9. The molecule has 0 aliphatic heterocycles. The van der Waals surface area contributed by atoms with Crippen molar-refractivity contribution in [1.29, 1.82) is 0 Å². The Morgan fingerprint density at radius 3 is 2.32 bits per heavy atom. The fraction of sp³-hybridized carbons (Fsp3) is 0.280. The van der Waals surface area contributed by atoms with Crippen LogP contribution in [-0.2, 0) is 17.9 Å². The van der Waals surface area contributed by atoms with Crippen molar-refractivity contribution < 1.29 is 9.53 Å². The molecule has 0 fully saturated rings. The van der Waals surface area contributed by atoms with Crippen LogP contribution in [0.1, 0.15) is 26.7 Å². The highest BCUT2D eigenvalue weighted by Crippen LogP contribution is 2.22. The summed E-state index contributed by atoms with van der Waals surface area (Å²) in [6.07, 6.45) is 1.42. The third kappa shape index (κ3) is 4.78. The van der Waals surface area contributed by atoms with Gasteiger partial charge in [-0.05, 0) is 49.2 Å². The number of nitrogens with zero attached hydrogens (tertiary/aromatic N) is 3. The SMILES string of the molecule is CCCn1c(=O)c2[nH]c(-c3ccc(OCC(=O)Nc4ccccc4)cc3)nc2n(CCC)c1=O. The monoisotopic (exact) mass is 461 g/mol. The van der Waals surface area contributed by atoms with Crippen molar-refractivity contribution in [3.05, 3.63) is 75.4 Å². The zero-order valence-electron chi connectivity index (χ0n) is 19.2. The van der Waals surface area contributed by atoms with Crippen LogP contribution >= 0.6 is 0 Å². The van der Waals surface area contributed by atoms with Crippen LogP contribution in [0.4, 0.5) is 5.69 Å². The fourth-order valence-electron chi connectivity index (χ4n) is 3.73. The Balaban J connectivity index is 1.54. The highest BCUT2D eigenvalue weighted by Gasteiger charge is 2.17. The number of carbonyl (C=O) groups excluding carboxylic acids is 1. The Hall–Kier alpha value is -4.14. The number of H-pyrrole nitrogens is 1. The van der Waals surface area contributed by atoms with Gasteiger partial charge in [0.15, 0.2) is 12.3 Å². The van der Waals surface area contributed by atoms with E-state index in [0.717, 1.165) is 12.0 Å². The van der Waals surface area contributed by atoms with Gasteiger partial charge in [0.05, 0.1) is 0 Å². The summed E-state index contributed by atoms with van der Waals surface area (Å²) in [7, 11) is 0. The fourth-order valence-corrected chi connectivity index (χ4v) is 3.73. The lowest BCUT2D eigenvalue weighted by Crippen LogP contribution is -2.40. The zero-order valence-corrected chi connectivity index (χ0v) is 19.2. The van der Waals surface area contributed by atoms with Gasteiger partial charge in [0.25, 0.3) is 11.5 Å². The second kappa shape index (κ2) is 10.2. The maximum absolute atomic E-state index is 12.9. The molecule has 0 aliphatic rings. The van der Waals surface area contributed by atoms with Crippen molar-refractivity contribution in [3.8, 4) is 17.1 Å². The summed E-state index contributed by atoms with van der Waals surface area (Å²) >= 11 is 0. The molecule has 0 saturated heterocycles. The van der Waals surface area contributed by atoms with E-state index in [9.17, 15) is 14.4 Å². The number of hydrogen-bond donors (Lipinski definition) is 2. The van der Waals surface area contributed by atoms with Gasteiger partial charge in [0.1, 0.15) is 17.1 Å². The number of anilines is 1. The molecule has 1 amide bonds. The molecule has 2 aromatic heterocycles. The van der Waals surface area contributed by atoms with Crippen LogP contribution in [-0.4, -0.2) is 31.6 Å². The van der Waals surface area contributed by atoms with Gasteiger partial charge >= 0.3 is 5.69 Å². The Morgan fingerprint density at radius 2 is 1.65 bits per heavy atom. The molecule has 34 heavy (non-hydrogen) atoms. The lowest BCUT2D eigenvalue weighted by Gasteiger charge is -2.09. The molecular formula is C25H27N5O4. The van der Waals surface area contributed by atoms with Crippen LogP contribution in [0, 0.1) is 0 Å². The molecule has 176 valence electrons. The van der Waals surface area contributed by atoms with Crippen molar-refractivity contribution in [2.24, 2.45) is 0 Å². The molecule has 0 aliphatic carbocycles. The van der Waals surface area contributed by atoms with Gasteiger partial charge < -0.3 is 15.0 Å². The molecule has 4 aromatic rings. The summed E-state index contributed by atoms with van der Waals surface area (Å²) in [6.45, 7) is 4.60. The van der Waals surface area contributed by atoms with E-state index in [1.165, 1.54) is 4.57 Å². The third-order valence-electron chi connectivity index (χ3n) is 5.31. The van der Waals surface area contributed by atoms with Gasteiger partial charge in [0, 0.05) is 24.3 Å².